The molecule has 1 unspecified atom stereocenters. The molecule has 0 aromatic carbocycles. The van der Waals surface area contributed by atoms with Crippen molar-refractivity contribution in [3.63, 3.8) is 0 Å². The van der Waals surface area contributed by atoms with Crippen LogP contribution in [0.1, 0.15) is 30.0 Å². The van der Waals surface area contributed by atoms with E-state index in [2.05, 4.69) is 20.4 Å². The number of aromatic nitrogens is 4. The number of hydrogen-bond acceptors (Lipinski definition) is 5. The summed E-state index contributed by atoms with van der Waals surface area (Å²) in [4.78, 5) is 8.23. The van der Waals surface area contributed by atoms with Gasteiger partial charge < -0.3 is 9.73 Å². The van der Waals surface area contributed by atoms with Gasteiger partial charge in [0.15, 0.2) is 0 Å². The summed E-state index contributed by atoms with van der Waals surface area (Å²) in [5, 5.41) is 7.93. The molecule has 0 aliphatic rings. The van der Waals surface area contributed by atoms with E-state index in [1.165, 1.54) is 6.33 Å². The fraction of sp³-hybridized carbons (Fsp3) is 0.308. The summed E-state index contributed by atoms with van der Waals surface area (Å²) in [5.41, 5.74) is 0.819. The molecule has 3 heterocycles. The van der Waals surface area contributed by atoms with Crippen molar-refractivity contribution >= 4 is 23.2 Å². The van der Waals surface area contributed by atoms with Gasteiger partial charge >= 0.3 is 0 Å². The molecule has 1 N–H and O–H groups in total. The van der Waals surface area contributed by atoms with Gasteiger partial charge in [-0.25, -0.2) is 0 Å². The van der Waals surface area contributed by atoms with Crippen LogP contribution in [0, 0.1) is 13.8 Å². The van der Waals surface area contributed by atoms with Gasteiger partial charge in [0.25, 0.3) is 5.78 Å². The summed E-state index contributed by atoms with van der Waals surface area (Å²) in [6.07, 6.45) is 1.45. The monoisotopic (exact) mass is 291 g/mol. The van der Waals surface area contributed by atoms with Crippen LogP contribution >= 0.6 is 11.6 Å². The molecule has 6 nitrogen and oxygen atoms in total. The van der Waals surface area contributed by atoms with Crippen LogP contribution < -0.4 is 5.32 Å². The Balaban J connectivity index is 2.01. The molecule has 0 saturated carbocycles. The molecule has 3 aromatic rings. The standard InChI is InChI=1S/C13H14ClN5O/c1-7-4-5-10(20-7)9(3)17-12-8(2)11(14)18-13-15-6-16-19(12)13/h4-6,9,17H,1-3H3. The molecule has 104 valence electrons. The number of halogens is 1. The smallest absolute Gasteiger partial charge is 0.255 e. The van der Waals surface area contributed by atoms with Crippen LogP contribution in [0.4, 0.5) is 5.82 Å². The number of rotatable bonds is 3. The van der Waals surface area contributed by atoms with Gasteiger partial charge in [0, 0.05) is 5.56 Å². The highest BCUT2D eigenvalue weighted by atomic mass is 35.5. The maximum atomic E-state index is 6.13. The number of fused-ring (bicyclic) bond motifs is 1. The van der Waals surface area contributed by atoms with Crippen molar-refractivity contribution < 1.29 is 4.42 Å². The molecule has 3 rings (SSSR count). The van der Waals surface area contributed by atoms with Gasteiger partial charge in [0.05, 0.1) is 6.04 Å². The van der Waals surface area contributed by atoms with Crippen molar-refractivity contribution in [2.24, 2.45) is 0 Å². The Kier molecular flexibility index (Phi) is 3.10. The van der Waals surface area contributed by atoms with Crippen molar-refractivity contribution in [1.29, 1.82) is 0 Å². The minimum absolute atomic E-state index is 0.0201. The first-order valence-corrected chi connectivity index (χ1v) is 6.63. The maximum Gasteiger partial charge on any atom is 0.255 e. The SMILES string of the molecule is Cc1ccc(C(C)Nc2c(C)c(Cl)nc3ncnn23)o1. The van der Waals surface area contributed by atoms with Crippen molar-refractivity contribution in [3.05, 3.63) is 40.7 Å². The molecule has 7 heteroatoms. The third-order valence-corrected chi connectivity index (χ3v) is 3.51. The number of aryl methyl sites for hydroxylation is 1. The minimum Gasteiger partial charge on any atom is -0.464 e. The molecule has 1 atom stereocenters. The average Bonchev–Trinajstić information content (AvgIpc) is 3.03. The summed E-state index contributed by atoms with van der Waals surface area (Å²) >= 11 is 6.13. The van der Waals surface area contributed by atoms with Crippen molar-refractivity contribution in [3.8, 4) is 0 Å². The molecule has 0 fully saturated rings. The van der Waals surface area contributed by atoms with Crippen molar-refractivity contribution in [2.45, 2.75) is 26.8 Å². The number of nitrogens with zero attached hydrogens (tertiary/aromatic N) is 4. The molecule has 3 aromatic heterocycles. The van der Waals surface area contributed by atoms with Crippen LogP contribution in [-0.4, -0.2) is 19.6 Å². The predicted molar refractivity (Wildman–Crippen MR) is 76.0 cm³/mol. The van der Waals surface area contributed by atoms with E-state index in [0.717, 1.165) is 22.9 Å². The zero-order valence-corrected chi connectivity index (χ0v) is 12.1. The second-order valence-corrected chi connectivity index (χ2v) is 5.02. The molecule has 0 aliphatic carbocycles. The van der Waals surface area contributed by atoms with Crippen LogP contribution in [0.2, 0.25) is 5.15 Å². The predicted octanol–water partition coefficient (Wildman–Crippen LogP) is 3.16. The molecule has 0 spiro atoms. The fourth-order valence-electron chi connectivity index (χ4n) is 2.03. The van der Waals surface area contributed by atoms with Crippen molar-refractivity contribution in [1.82, 2.24) is 19.6 Å². The lowest BCUT2D eigenvalue weighted by Gasteiger charge is -2.16. The minimum atomic E-state index is -0.0201. The van der Waals surface area contributed by atoms with Gasteiger partial charge in [-0.1, -0.05) is 11.6 Å². The molecule has 0 amide bonds. The molecule has 20 heavy (non-hydrogen) atoms. The lowest BCUT2D eigenvalue weighted by Crippen LogP contribution is -2.12. The zero-order valence-electron chi connectivity index (χ0n) is 11.4. The number of furan rings is 1. The normalized spacial score (nSPS) is 12.8. The molecular formula is C13H14ClN5O. The highest BCUT2D eigenvalue weighted by Gasteiger charge is 2.16. The zero-order chi connectivity index (χ0) is 14.3. The fourth-order valence-corrected chi connectivity index (χ4v) is 2.19. The van der Waals surface area contributed by atoms with E-state index in [-0.39, 0.29) is 6.04 Å². The second kappa shape index (κ2) is 4.79. The molecular weight excluding hydrogens is 278 g/mol. The lowest BCUT2D eigenvalue weighted by molar-refractivity contribution is 0.466. The molecule has 0 bridgehead atoms. The van der Waals surface area contributed by atoms with Crippen LogP contribution in [0.5, 0.6) is 0 Å². The van der Waals surface area contributed by atoms with Crippen LogP contribution in [0.15, 0.2) is 22.9 Å². The third kappa shape index (κ3) is 2.12. The van der Waals surface area contributed by atoms with Gasteiger partial charge in [-0.15, -0.1) is 0 Å². The summed E-state index contributed by atoms with van der Waals surface area (Å²) in [5.74, 6) is 2.96. The Bertz CT molecular complexity index is 763. The number of hydrogen-bond donors (Lipinski definition) is 1. The van der Waals surface area contributed by atoms with Gasteiger partial charge in [0.2, 0.25) is 0 Å². The van der Waals surface area contributed by atoms with E-state index >= 15 is 0 Å². The number of anilines is 1. The van der Waals surface area contributed by atoms with Gasteiger partial charge in [-0.3, -0.25) is 0 Å². The quantitative estimate of drug-likeness (QED) is 0.751. The Hall–Kier alpha value is -2.08. The summed E-state index contributed by atoms with van der Waals surface area (Å²) < 4.78 is 7.26. The Morgan fingerprint density at radius 2 is 2.15 bits per heavy atom. The molecule has 0 aliphatic heterocycles. The van der Waals surface area contributed by atoms with Gasteiger partial charge in [-0.05, 0) is 32.9 Å². The van der Waals surface area contributed by atoms with Gasteiger partial charge in [0.1, 0.15) is 28.8 Å². The third-order valence-electron chi connectivity index (χ3n) is 3.15. The summed E-state index contributed by atoms with van der Waals surface area (Å²) in [6.45, 7) is 5.81. The van der Waals surface area contributed by atoms with Crippen LogP contribution in [0.3, 0.4) is 0 Å². The first-order chi connectivity index (χ1) is 9.56. The summed E-state index contributed by atoms with van der Waals surface area (Å²) in [6, 6.07) is 3.86. The van der Waals surface area contributed by atoms with E-state index in [0.29, 0.717) is 10.9 Å². The van der Waals surface area contributed by atoms with Crippen LogP contribution in [-0.2, 0) is 0 Å². The highest BCUT2D eigenvalue weighted by Crippen LogP contribution is 2.26. The molecule has 0 radical (unpaired) electrons. The summed E-state index contributed by atoms with van der Waals surface area (Å²) in [7, 11) is 0. The average molecular weight is 292 g/mol. The Labute approximate surface area is 120 Å². The Morgan fingerprint density at radius 1 is 1.35 bits per heavy atom. The number of nitrogens with one attached hydrogen (secondary N) is 1. The largest absolute Gasteiger partial charge is 0.464 e. The Morgan fingerprint density at radius 3 is 2.85 bits per heavy atom. The van der Waals surface area contributed by atoms with E-state index in [1.807, 2.05) is 32.9 Å². The first kappa shape index (κ1) is 12.9. The van der Waals surface area contributed by atoms with Crippen molar-refractivity contribution in [2.75, 3.05) is 5.32 Å². The lowest BCUT2D eigenvalue weighted by atomic mass is 10.2. The van der Waals surface area contributed by atoms with E-state index in [9.17, 15) is 0 Å². The highest BCUT2D eigenvalue weighted by molar-refractivity contribution is 6.30. The van der Waals surface area contributed by atoms with E-state index < -0.39 is 0 Å². The van der Waals surface area contributed by atoms with E-state index in [1.54, 1.807) is 4.52 Å². The van der Waals surface area contributed by atoms with Crippen LogP contribution in [0.25, 0.3) is 5.78 Å². The first-order valence-electron chi connectivity index (χ1n) is 6.25. The van der Waals surface area contributed by atoms with Gasteiger partial charge in [-0.2, -0.15) is 19.6 Å². The second-order valence-electron chi connectivity index (χ2n) is 4.66. The topological polar surface area (TPSA) is 68.2 Å². The van der Waals surface area contributed by atoms with E-state index in [4.69, 9.17) is 16.0 Å². The maximum absolute atomic E-state index is 6.13. The molecule has 0 saturated heterocycles.